The Hall–Kier alpha value is -2.06. The van der Waals surface area contributed by atoms with Gasteiger partial charge in [0.05, 0.1) is 17.3 Å². The zero-order valence-electron chi connectivity index (χ0n) is 13.4. The van der Waals surface area contributed by atoms with Gasteiger partial charge in [-0.1, -0.05) is 0 Å². The summed E-state index contributed by atoms with van der Waals surface area (Å²) in [6.45, 7) is 3.29. The van der Waals surface area contributed by atoms with E-state index in [1.165, 1.54) is 12.1 Å². The van der Waals surface area contributed by atoms with Gasteiger partial charge < -0.3 is 10.6 Å². The summed E-state index contributed by atoms with van der Waals surface area (Å²) in [7, 11) is 0. The number of aromatic nitrogens is 2. The molecule has 1 aliphatic heterocycles. The van der Waals surface area contributed by atoms with Crippen LogP contribution in [0.15, 0.2) is 36.5 Å². The molecule has 1 aromatic carbocycles. The minimum atomic E-state index is -4.48. The summed E-state index contributed by atoms with van der Waals surface area (Å²) in [6, 6.07) is 7.05. The Kier molecular flexibility index (Phi) is 5.43. The molecule has 1 amide bonds. The summed E-state index contributed by atoms with van der Waals surface area (Å²) in [5.74, 6) is -0.102. The molecular formula is C16H18ClF3N4O. The first-order chi connectivity index (χ1) is 11.3. The Morgan fingerprint density at radius 3 is 2.52 bits per heavy atom. The molecule has 0 bridgehead atoms. The average molecular weight is 375 g/mol. The molecule has 1 saturated heterocycles. The van der Waals surface area contributed by atoms with Crippen molar-refractivity contribution < 1.29 is 18.0 Å². The highest BCUT2D eigenvalue weighted by Gasteiger charge is 2.36. The number of benzene rings is 1. The molecule has 0 aliphatic carbocycles. The molecular weight excluding hydrogens is 357 g/mol. The minimum Gasteiger partial charge on any atom is -0.326 e. The van der Waals surface area contributed by atoms with E-state index in [0.29, 0.717) is 12.2 Å². The third-order valence-electron chi connectivity index (χ3n) is 4.22. The summed E-state index contributed by atoms with van der Waals surface area (Å²) in [5.41, 5.74) is -0.495. The molecule has 1 atom stereocenters. The third kappa shape index (κ3) is 3.96. The lowest BCUT2D eigenvalue weighted by Gasteiger charge is -2.21. The number of carbonyl (C=O) groups excluding carboxylic acids is 1. The van der Waals surface area contributed by atoms with E-state index >= 15 is 0 Å². The van der Waals surface area contributed by atoms with Crippen LogP contribution in [0.2, 0.25) is 0 Å². The Labute approximate surface area is 149 Å². The number of amides is 1. The van der Waals surface area contributed by atoms with Gasteiger partial charge in [-0.15, -0.1) is 12.4 Å². The van der Waals surface area contributed by atoms with Crippen molar-refractivity contribution in [1.82, 2.24) is 15.1 Å². The number of hydrogen-bond acceptors (Lipinski definition) is 3. The highest BCUT2D eigenvalue weighted by atomic mass is 35.5. The lowest BCUT2D eigenvalue weighted by Crippen LogP contribution is -2.35. The van der Waals surface area contributed by atoms with Crippen LogP contribution in [-0.2, 0) is 11.0 Å². The molecule has 5 nitrogen and oxygen atoms in total. The fourth-order valence-corrected chi connectivity index (χ4v) is 2.70. The predicted octanol–water partition coefficient (Wildman–Crippen LogP) is 3.25. The molecule has 1 fully saturated rings. The van der Waals surface area contributed by atoms with Crippen molar-refractivity contribution in [2.75, 3.05) is 18.4 Å². The Morgan fingerprint density at radius 1 is 1.28 bits per heavy atom. The van der Waals surface area contributed by atoms with Crippen LogP contribution in [0.1, 0.15) is 19.0 Å². The van der Waals surface area contributed by atoms with Crippen molar-refractivity contribution >= 4 is 24.0 Å². The molecule has 1 aliphatic rings. The van der Waals surface area contributed by atoms with Crippen molar-refractivity contribution in [3.05, 3.63) is 42.2 Å². The van der Waals surface area contributed by atoms with Crippen LogP contribution in [0.4, 0.5) is 18.9 Å². The van der Waals surface area contributed by atoms with E-state index in [1.54, 1.807) is 12.1 Å². The Bertz CT molecular complexity index is 737. The largest absolute Gasteiger partial charge is 0.433 e. The number of carbonyl (C=O) groups is 1. The Balaban J connectivity index is 0.00000225. The van der Waals surface area contributed by atoms with Gasteiger partial charge in [-0.05, 0) is 50.2 Å². The quantitative estimate of drug-likeness (QED) is 0.867. The van der Waals surface area contributed by atoms with E-state index in [1.807, 2.05) is 6.92 Å². The molecule has 136 valence electrons. The first kappa shape index (κ1) is 19.3. The maximum Gasteiger partial charge on any atom is 0.433 e. The van der Waals surface area contributed by atoms with Crippen molar-refractivity contribution in [2.24, 2.45) is 5.41 Å². The lowest BCUT2D eigenvalue weighted by molar-refractivity contribution is -0.142. The molecule has 0 saturated carbocycles. The van der Waals surface area contributed by atoms with Crippen molar-refractivity contribution in [1.29, 1.82) is 0 Å². The van der Waals surface area contributed by atoms with Crippen LogP contribution in [0, 0.1) is 5.41 Å². The van der Waals surface area contributed by atoms with Crippen molar-refractivity contribution in [3.8, 4) is 5.69 Å². The van der Waals surface area contributed by atoms with Crippen molar-refractivity contribution in [2.45, 2.75) is 19.5 Å². The van der Waals surface area contributed by atoms with Crippen LogP contribution in [0.25, 0.3) is 5.69 Å². The van der Waals surface area contributed by atoms with Gasteiger partial charge in [-0.25, -0.2) is 4.68 Å². The standard InChI is InChI=1S/C16H17F3N4O.ClH/c1-15(7-9-20-10-15)14(24)22-11-2-4-12(5-3-11)23-13(6-8-21-23)16(17,18)19;/h2-6,8,20H,7,9-10H2,1H3,(H,22,24);1H. The predicted molar refractivity (Wildman–Crippen MR) is 90.0 cm³/mol. The maximum atomic E-state index is 12.9. The summed E-state index contributed by atoms with van der Waals surface area (Å²) in [5, 5.41) is 9.68. The molecule has 0 spiro atoms. The molecule has 0 radical (unpaired) electrons. The fourth-order valence-electron chi connectivity index (χ4n) is 2.70. The van der Waals surface area contributed by atoms with Gasteiger partial charge in [-0.2, -0.15) is 18.3 Å². The summed E-state index contributed by atoms with van der Waals surface area (Å²) >= 11 is 0. The van der Waals surface area contributed by atoms with Gasteiger partial charge in [0.2, 0.25) is 5.91 Å². The second-order valence-electron chi connectivity index (χ2n) is 6.11. The van der Waals surface area contributed by atoms with E-state index in [0.717, 1.165) is 29.9 Å². The first-order valence-electron chi connectivity index (χ1n) is 7.53. The highest BCUT2D eigenvalue weighted by Crippen LogP contribution is 2.31. The normalized spacial score (nSPS) is 20.2. The van der Waals surface area contributed by atoms with Crippen LogP contribution in [0.5, 0.6) is 0 Å². The van der Waals surface area contributed by atoms with Crippen LogP contribution >= 0.6 is 12.4 Å². The lowest BCUT2D eigenvalue weighted by atomic mass is 9.89. The second-order valence-corrected chi connectivity index (χ2v) is 6.11. The SMILES string of the molecule is CC1(C(=O)Nc2ccc(-n3nccc3C(F)(F)F)cc2)CCNC1.Cl. The zero-order valence-corrected chi connectivity index (χ0v) is 14.2. The van der Waals surface area contributed by atoms with Crippen LogP contribution in [-0.4, -0.2) is 28.8 Å². The van der Waals surface area contributed by atoms with Crippen LogP contribution in [0.3, 0.4) is 0 Å². The number of rotatable bonds is 3. The van der Waals surface area contributed by atoms with Gasteiger partial charge >= 0.3 is 6.18 Å². The van der Waals surface area contributed by atoms with Gasteiger partial charge in [0.25, 0.3) is 0 Å². The summed E-state index contributed by atoms with van der Waals surface area (Å²) in [6.07, 6.45) is -2.63. The average Bonchev–Trinajstić information content (AvgIpc) is 3.17. The fraction of sp³-hybridized carbons (Fsp3) is 0.375. The summed E-state index contributed by atoms with van der Waals surface area (Å²) < 4.78 is 39.6. The molecule has 25 heavy (non-hydrogen) atoms. The molecule has 3 rings (SSSR count). The number of nitrogens with zero attached hydrogens (tertiary/aromatic N) is 2. The second kappa shape index (κ2) is 7.05. The summed E-state index contributed by atoms with van der Waals surface area (Å²) in [4.78, 5) is 12.3. The highest BCUT2D eigenvalue weighted by molar-refractivity contribution is 5.95. The maximum absolute atomic E-state index is 12.9. The smallest absolute Gasteiger partial charge is 0.326 e. The van der Waals surface area contributed by atoms with Crippen LogP contribution < -0.4 is 10.6 Å². The van der Waals surface area contributed by atoms with Gasteiger partial charge in [0.1, 0.15) is 5.69 Å². The monoisotopic (exact) mass is 374 g/mol. The zero-order chi connectivity index (χ0) is 17.4. The van der Waals surface area contributed by atoms with Crippen molar-refractivity contribution in [3.63, 3.8) is 0 Å². The van der Waals surface area contributed by atoms with E-state index in [2.05, 4.69) is 15.7 Å². The molecule has 2 aromatic rings. The molecule has 9 heteroatoms. The van der Waals surface area contributed by atoms with E-state index in [4.69, 9.17) is 0 Å². The number of hydrogen-bond donors (Lipinski definition) is 2. The Morgan fingerprint density at radius 2 is 1.96 bits per heavy atom. The van der Waals surface area contributed by atoms with Gasteiger partial charge in [-0.3, -0.25) is 4.79 Å². The van der Waals surface area contributed by atoms with E-state index in [9.17, 15) is 18.0 Å². The third-order valence-corrected chi connectivity index (χ3v) is 4.22. The number of anilines is 1. The van der Waals surface area contributed by atoms with E-state index in [-0.39, 0.29) is 24.0 Å². The number of nitrogens with one attached hydrogen (secondary N) is 2. The minimum absolute atomic E-state index is 0. The molecule has 1 unspecified atom stereocenters. The molecule has 2 N–H and O–H groups in total. The first-order valence-corrected chi connectivity index (χ1v) is 7.53. The number of halogens is 4. The molecule has 1 aromatic heterocycles. The topological polar surface area (TPSA) is 59.0 Å². The van der Waals surface area contributed by atoms with Gasteiger partial charge in [0, 0.05) is 12.2 Å². The van der Waals surface area contributed by atoms with Gasteiger partial charge in [0.15, 0.2) is 0 Å². The molecule has 2 heterocycles. The van der Waals surface area contributed by atoms with E-state index < -0.39 is 17.3 Å². The number of alkyl halides is 3.